The summed E-state index contributed by atoms with van der Waals surface area (Å²) in [6.07, 6.45) is 5.28. The molecule has 0 saturated heterocycles. The van der Waals surface area contributed by atoms with Gasteiger partial charge >= 0.3 is 5.97 Å². The van der Waals surface area contributed by atoms with Crippen molar-refractivity contribution in [2.45, 2.75) is 0 Å². The van der Waals surface area contributed by atoms with Gasteiger partial charge in [0.25, 0.3) is 0 Å². The molecule has 0 amide bonds. The minimum absolute atomic E-state index is 0.351. The number of nitrogens with one attached hydrogen (secondary N) is 1. The van der Waals surface area contributed by atoms with E-state index in [2.05, 4.69) is 5.32 Å². The van der Waals surface area contributed by atoms with Crippen LogP contribution in [-0.4, -0.2) is 23.9 Å². The molecule has 0 aliphatic carbocycles. The summed E-state index contributed by atoms with van der Waals surface area (Å²) in [5.74, 6) is -0.877. The van der Waals surface area contributed by atoms with Crippen LogP contribution >= 0.6 is 11.8 Å². The molecule has 1 aliphatic heterocycles. The molecular weight excluding hydrogens is 162 g/mol. The molecule has 0 fully saturated rings. The summed E-state index contributed by atoms with van der Waals surface area (Å²) in [5.41, 5.74) is 0.351. The quantitative estimate of drug-likeness (QED) is 0.645. The van der Waals surface area contributed by atoms with Crippen molar-refractivity contribution in [3.8, 4) is 0 Å². The van der Waals surface area contributed by atoms with E-state index >= 15 is 0 Å². The van der Waals surface area contributed by atoms with Gasteiger partial charge in [-0.3, -0.25) is 0 Å². The summed E-state index contributed by atoms with van der Waals surface area (Å²) in [6.45, 7) is 0.715. The van der Waals surface area contributed by atoms with Crippen LogP contribution < -0.4 is 5.32 Å². The average Bonchev–Trinajstić information content (AvgIpc) is 2.04. The number of hydrogen-bond donors (Lipinski definition) is 2. The van der Waals surface area contributed by atoms with Crippen molar-refractivity contribution >= 4 is 17.7 Å². The van der Waals surface area contributed by atoms with E-state index in [1.165, 1.54) is 11.8 Å². The second-order valence-electron chi connectivity index (χ2n) is 2.04. The molecule has 60 valence electrons. The fourth-order valence-corrected chi connectivity index (χ4v) is 1.45. The van der Waals surface area contributed by atoms with Gasteiger partial charge in [-0.25, -0.2) is 4.79 Å². The Hall–Kier alpha value is -0.900. The normalized spacial score (nSPS) is 16.5. The molecule has 2 N–H and O–H groups in total. The largest absolute Gasteiger partial charge is 0.478 e. The van der Waals surface area contributed by atoms with Gasteiger partial charge in [0.05, 0.1) is 10.6 Å². The Kier molecular flexibility index (Phi) is 2.59. The highest BCUT2D eigenvalue weighted by Crippen LogP contribution is 2.17. The Bertz CT molecular complexity index is 233. The summed E-state index contributed by atoms with van der Waals surface area (Å²) < 4.78 is 0. The molecular formula is C7H9NO2S. The Morgan fingerprint density at radius 2 is 2.55 bits per heavy atom. The molecule has 11 heavy (non-hydrogen) atoms. The van der Waals surface area contributed by atoms with Crippen LogP contribution in [0, 0.1) is 0 Å². The van der Waals surface area contributed by atoms with Crippen molar-refractivity contribution in [1.82, 2.24) is 5.32 Å². The maximum atomic E-state index is 10.6. The lowest BCUT2D eigenvalue weighted by Crippen LogP contribution is -2.19. The molecule has 4 heteroatoms. The minimum atomic E-state index is -0.877. The molecule has 0 radical (unpaired) electrons. The third-order valence-corrected chi connectivity index (χ3v) is 2.12. The van der Waals surface area contributed by atoms with Crippen LogP contribution in [0.25, 0.3) is 0 Å². The first-order valence-corrected chi connectivity index (χ1v) is 4.40. The summed E-state index contributed by atoms with van der Waals surface area (Å²) >= 11 is 1.42. The first-order chi connectivity index (χ1) is 5.25. The SMILES string of the molecule is CSC1=C(C(=O)O)C=CCN1. The van der Waals surface area contributed by atoms with E-state index in [0.29, 0.717) is 12.1 Å². The predicted octanol–water partition coefficient (Wildman–Crippen LogP) is 0.805. The predicted molar refractivity (Wildman–Crippen MR) is 45.3 cm³/mol. The highest BCUT2D eigenvalue weighted by molar-refractivity contribution is 8.02. The van der Waals surface area contributed by atoms with Crippen molar-refractivity contribution in [3.05, 3.63) is 22.8 Å². The van der Waals surface area contributed by atoms with Crippen molar-refractivity contribution in [1.29, 1.82) is 0 Å². The summed E-state index contributed by atoms with van der Waals surface area (Å²) in [6, 6.07) is 0. The van der Waals surface area contributed by atoms with Gasteiger partial charge in [0.2, 0.25) is 0 Å². The fourth-order valence-electron chi connectivity index (χ4n) is 0.850. The van der Waals surface area contributed by atoms with Gasteiger partial charge in [-0.2, -0.15) is 0 Å². The van der Waals surface area contributed by atoms with Gasteiger partial charge in [0, 0.05) is 6.54 Å². The minimum Gasteiger partial charge on any atom is -0.478 e. The topological polar surface area (TPSA) is 49.3 Å². The number of carboxylic acid groups (broad SMARTS) is 1. The lowest BCUT2D eigenvalue weighted by Gasteiger charge is -2.12. The average molecular weight is 171 g/mol. The molecule has 0 bridgehead atoms. The first kappa shape index (κ1) is 8.20. The molecule has 0 aromatic carbocycles. The van der Waals surface area contributed by atoms with Crippen LogP contribution in [0.1, 0.15) is 0 Å². The molecule has 0 unspecified atom stereocenters. The molecule has 1 heterocycles. The third-order valence-electron chi connectivity index (χ3n) is 1.34. The monoisotopic (exact) mass is 171 g/mol. The summed E-state index contributed by atoms with van der Waals surface area (Å²) in [4.78, 5) is 10.6. The van der Waals surface area contributed by atoms with Crippen molar-refractivity contribution in [2.75, 3.05) is 12.8 Å². The van der Waals surface area contributed by atoms with Crippen LogP contribution in [-0.2, 0) is 4.79 Å². The van der Waals surface area contributed by atoms with E-state index < -0.39 is 5.97 Å². The Balaban J connectivity index is 2.92. The molecule has 0 aromatic rings. The number of hydrogen-bond acceptors (Lipinski definition) is 3. The lowest BCUT2D eigenvalue weighted by molar-refractivity contribution is -0.132. The number of dihydropyridines is 1. The van der Waals surface area contributed by atoms with Crippen LogP contribution in [0.15, 0.2) is 22.8 Å². The van der Waals surface area contributed by atoms with Gasteiger partial charge in [0.1, 0.15) is 0 Å². The van der Waals surface area contributed by atoms with Crippen molar-refractivity contribution in [2.24, 2.45) is 0 Å². The Morgan fingerprint density at radius 1 is 1.82 bits per heavy atom. The number of carbonyl (C=O) groups is 1. The van der Waals surface area contributed by atoms with E-state index in [1.54, 1.807) is 12.2 Å². The number of carboxylic acids is 1. The maximum absolute atomic E-state index is 10.6. The Labute approximate surface area is 69.2 Å². The zero-order valence-corrected chi connectivity index (χ0v) is 6.94. The Morgan fingerprint density at radius 3 is 3.00 bits per heavy atom. The van der Waals surface area contributed by atoms with E-state index in [4.69, 9.17) is 5.11 Å². The van der Waals surface area contributed by atoms with E-state index in [9.17, 15) is 4.79 Å². The van der Waals surface area contributed by atoms with Gasteiger partial charge < -0.3 is 10.4 Å². The van der Waals surface area contributed by atoms with Gasteiger partial charge in [-0.15, -0.1) is 11.8 Å². The third kappa shape index (κ3) is 1.77. The second kappa shape index (κ2) is 3.48. The summed E-state index contributed by atoms with van der Waals surface area (Å²) in [7, 11) is 0. The molecule has 1 rings (SSSR count). The van der Waals surface area contributed by atoms with E-state index in [0.717, 1.165) is 5.03 Å². The molecule has 0 aromatic heterocycles. The molecule has 1 aliphatic rings. The van der Waals surface area contributed by atoms with Crippen LogP contribution in [0.4, 0.5) is 0 Å². The first-order valence-electron chi connectivity index (χ1n) is 3.17. The number of rotatable bonds is 2. The molecule has 0 atom stereocenters. The van der Waals surface area contributed by atoms with Gasteiger partial charge in [0.15, 0.2) is 0 Å². The zero-order chi connectivity index (χ0) is 8.27. The number of thioether (sulfide) groups is 1. The van der Waals surface area contributed by atoms with Gasteiger partial charge in [-0.1, -0.05) is 6.08 Å². The zero-order valence-electron chi connectivity index (χ0n) is 6.13. The fraction of sp³-hybridized carbons (Fsp3) is 0.286. The molecule has 0 saturated carbocycles. The standard InChI is InChI=1S/C7H9NO2S/c1-11-6-5(7(9)10)3-2-4-8-6/h2-3,8H,4H2,1H3,(H,9,10). The van der Waals surface area contributed by atoms with Crippen LogP contribution in [0.3, 0.4) is 0 Å². The maximum Gasteiger partial charge on any atom is 0.338 e. The van der Waals surface area contributed by atoms with E-state index in [1.807, 2.05) is 6.26 Å². The second-order valence-corrected chi connectivity index (χ2v) is 2.85. The lowest BCUT2D eigenvalue weighted by atomic mass is 10.2. The van der Waals surface area contributed by atoms with Crippen molar-refractivity contribution < 1.29 is 9.90 Å². The highest BCUT2D eigenvalue weighted by Gasteiger charge is 2.12. The summed E-state index contributed by atoms with van der Waals surface area (Å²) in [5, 5.41) is 12.4. The van der Waals surface area contributed by atoms with Crippen molar-refractivity contribution in [3.63, 3.8) is 0 Å². The molecule has 3 nitrogen and oxygen atoms in total. The molecule has 0 spiro atoms. The smallest absolute Gasteiger partial charge is 0.338 e. The highest BCUT2D eigenvalue weighted by atomic mass is 32.2. The van der Waals surface area contributed by atoms with E-state index in [-0.39, 0.29) is 0 Å². The van der Waals surface area contributed by atoms with Crippen LogP contribution in [0.2, 0.25) is 0 Å². The van der Waals surface area contributed by atoms with Crippen LogP contribution in [0.5, 0.6) is 0 Å². The van der Waals surface area contributed by atoms with Gasteiger partial charge in [-0.05, 0) is 12.3 Å². The number of aliphatic carboxylic acids is 1.